The van der Waals surface area contributed by atoms with Crippen LogP contribution in [0.2, 0.25) is 5.15 Å². The standard InChI is InChI=1S/C10H10ClN3O2/c1-16-8(15)3-5-14-4-2-7-9(11)12-6-13-10(7)14/h2,4,6H,3,5H2,1H3. The molecule has 0 unspecified atom stereocenters. The van der Waals surface area contributed by atoms with E-state index >= 15 is 0 Å². The lowest BCUT2D eigenvalue weighted by Gasteiger charge is -2.03. The first-order chi connectivity index (χ1) is 7.72. The molecular formula is C10H10ClN3O2. The Labute approximate surface area is 97.0 Å². The molecular weight excluding hydrogens is 230 g/mol. The van der Waals surface area contributed by atoms with E-state index in [4.69, 9.17) is 11.6 Å². The second-order valence-electron chi connectivity index (χ2n) is 3.24. The van der Waals surface area contributed by atoms with Crippen LogP contribution in [0.5, 0.6) is 0 Å². The molecule has 0 atom stereocenters. The maximum absolute atomic E-state index is 11.0. The van der Waals surface area contributed by atoms with E-state index < -0.39 is 0 Å². The largest absolute Gasteiger partial charge is 0.469 e. The zero-order chi connectivity index (χ0) is 11.5. The van der Waals surface area contributed by atoms with Crippen molar-refractivity contribution in [2.45, 2.75) is 13.0 Å². The van der Waals surface area contributed by atoms with E-state index in [1.807, 2.05) is 16.8 Å². The lowest BCUT2D eigenvalue weighted by molar-refractivity contribution is -0.140. The zero-order valence-corrected chi connectivity index (χ0v) is 9.44. The van der Waals surface area contributed by atoms with Crippen molar-refractivity contribution in [1.29, 1.82) is 0 Å². The van der Waals surface area contributed by atoms with Crippen LogP contribution in [0.1, 0.15) is 6.42 Å². The molecule has 2 aromatic heterocycles. The molecule has 0 amide bonds. The van der Waals surface area contributed by atoms with Gasteiger partial charge in [-0.2, -0.15) is 0 Å². The summed E-state index contributed by atoms with van der Waals surface area (Å²) in [4.78, 5) is 19.0. The van der Waals surface area contributed by atoms with Gasteiger partial charge in [0.1, 0.15) is 17.1 Å². The average molecular weight is 240 g/mol. The highest BCUT2D eigenvalue weighted by Crippen LogP contribution is 2.20. The molecule has 2 aromatic rings. The summed E-state index contributed by atoms with van der Waals surface area (Å²) >= 11 is 5.90. The Kier molecular flexibility index (Phi) is 3.05. The molecule has 0 saturated heterocycles. The molecule has 2 rings (SSSR count). The molecule has 0 spiro atoms. The van der Waals surface area contributed by atoms with Gasteiger partial charge in [-0.1, -0.05) is 11.6 Å². The molecule has 84 valence electrons. The highest BCUT2D eigenvalue weighted by molar-refractivity contribution is 6.33. The topological polar surface area (TPSA) is 57.0 Å². The molecule has 0 radical (unpaired) electrons. The van der Waals surface area contributed by atoms with Gasteiger partial charge < -0.3 is 9.30 Å². The van der Waals surface area contributed by atoms with Crippen LogP contribution in [0.15, 0.2) is 18.6 Å². The summed E-state index contributed by atoms with van der Waals surface area (Å²) in [5.74, 6) is -0.248. The number of rotatable bonds is 3. The van der Waals surface area contributed by atoms with Gasteiger partial charge in [-0.05, 0) is 6.07 Å². The second kappa shape index (κ2) is 4.49. The maximum atomic E-state index is 11.0. The predicted molar refractivity (Wildman–Crippen MR) is 59.2 cm³/mol. The SMILES string of the molecule is COC(=O)CCn1ccc2c(Cl)ncnc21. The molecule has 0 aliphatic rings. The number of esters is 1. The van der Waals surface area contributed by atoms with Crippen molar-refractivity contribution in [2.75, 3.05) is 7.11 Å². The Morgan fingerprint density at radius 2 is 2.38 bits per heavy atom. The van der Waals surface area contributed by atoms with Gasteiger partial charge in [0.25, 0.3) is 0 Å². The van der Waals surface area contributed by atoms with Crippen LogP contribution in [-0.2, 0) is 16.1 Å². The van der Waals surface area contributed by atoms with Gasteiger partial charge in [-0.15, -0.1) is 0 Å². The normalized spacial score (nSPS) is 10.6. The van der Waals surface area contributed by atoms with Crippen LogP contribution < -0.4 is 0 Å². The number of carbonyl (C=O) groups excluding carboxylic acids is 1. The number of aromatic nitrogens is 3. The average Bonchev–Trinajstić information content (AvgIpc) is 2.70. The Morgan fingerprint density at radius 1 is 1.56 bits per heavy atom. The first-order valence-electron chi connectivity index (χ1n) is 4.74. The third-order valence-corrected chi connectivity index (χ3v) is 2.59. The third-order valence-electron chi connectivity index (χ3n) is 2.29. The Hall–Kier alpha value is -1.62. The lowest BCUT2D eigenvalue weighted by Crippen LogP contribution is -2.06. The van der Waals surface area contributed by atoms with Crippen molar-refractivity contribution < 1.29 is 9.53 Å². The summed E-state index contributed by atoms with van der Waals surface area (Å²) in [6.45, 7) is 0.517. The summed E-state index contributed by atoms with van der Waals surface area (Å²) in [6.07, 6.45) is 3.54. The number of aryl methyl sites for hydroxylation is 1. The molecule has 6 heteroatoms. The van der Waals surface area contributed by atoms with Crippen molar-refractivity contribution in [1.82, 2.24) is 14.5 Å². The van der Waals surface area contributed by atoms with Crippen LogP contribution in [-0.4, -0.2) is 27.6 Å². The van der Waals surface area contributed by atoms with Gasteiger partial charge in [0.05, 0.1) is 18.9 Å². The maximum Gasteiger partial charge on any atom is 0.307 e. The molecule has 0 saturated carbocycles. The number of nitrogens with zero attached hydrogens (tertiary/aromatic N) is 3. The minimum Gasteiger partial charge on any atom is -0.469 e. The number of fused-ring (bicyclic) bond motifs is 1. The third kappa shape index (κ3) is 1.99. The van der Waals surface area contributed by atoms with Gasteiger partial charge in [-0.25, -0.2) is 9.97 Å². The van der Waals surface area contributed by atoms with E-state index in [2.05, 4.69) is 14.7 Å². The number of halogens is 1. The summed E-state index contributed by atoms with van der Waals surface area (Å²) in [5, 5.41) is 1.20. The fraction of sp³-hybridized carbons (Fsp3) is 0.300. The van der Waals surface area contributed by atoms with E-state index in [1.54, 1.807) is 0 Å². The van der Waals surface area contributed by atoms with Gasteiger partial charge in [0.2, 0.25) is 0 Å². The molecule has 16 heavy (non-hydrogen) atoms. The fourth-order valence-electron chi connectivity index (χ4n) is 1.47. The molecule has 0 aliphatic heterocycles. The Morgan fingerprint density at radius 3 is 3.12 bits per heavy atom. The second-order valence-corrected chi connectivity index (χ2v) is 3.60. The highest BCUT2D eigenvalue weighted by atomic mass is 35.5. The van der Waals surface area contributed by atoms with E-state index in [0.717, 1.165) is 11.0 Å². The lowest BCUT2D eigenvalue weighted by atomic mass is 10.4. The highest BCUT2D eigenvalue weighted by Gasteiger charge is 2.07. The van der Waals surface area contributed by atoms with Crippen LogP contribution in [0.4, 0.5) is 0 Å². The van der Waals surface area contributed by atoms with Crippen molar-refractivity contribution >= 4 is 28.6 Å². The molecule has 0 fully saturated rings. The Balaban J connectivity index is 2.25. The minimum absolute atomic E-state index is 0.248. The first kappa shape index (κ1) is 10.9. The number of carbonyl (C=O) groups is 1. The van der Waals surface area contributed by atoms with E-state index in [0.29, 0.717) is 18.1 Å². The van der Waals surface area contributed by atoms with E-state index in [-0.39, 0.29) is 5.97 Å². The number of ether oxygens (including phenoxy) is 1. The zero-order valence-electron chi connectivity index (χ0n) is 8.68. The van der Waals surface area contributed by atoms with Gasteiger partial charge in [0.15, 0.2) is 0 Å². The summed E-state index contributed by atoms with van der Waals surface area (Å²) < 4.78 is 6.42. The van der Waals surface area contributed by atoms with Crippen LogP contribution in [0.25, 0.3) is 11.0 Å². The summed E-state index contributed by atoms with van der Waals surface area (Å²) in [6, 6.07) is 1.83. The number of methoxy groups -OCH3 is 1. The van der Waals surface area contributed by atoms with Crippen molar-refractivity contribution in [2.24, 2.45) is 0 Å². The predicted octanol–water partition coefficient (Wildman–Crippen LogP) is 1.65. The minimum atomic E-state index is -0.248. The molecule has 0 aliphatic carbocycles. The summed E-state index contributed by atoms with van der Waals surface area (Å²) in [7, 11) is 1.37. The molecule has 0 N–H and O–H groups in total. The number of hydrogen-bond donors (Lipinski definition) is 0. The molecule has 0 bridgehead atoms. The molecule has 0 aromatic carbocycles. The summed E-state index contributed by atoms with van der Waals surface area (Å²) in [5.41, 5.74) is 0.726. The Bertz CT molecular complexity index is 524. The first-order valence-corrected chi connectivity index (χ1v) is 5.12. The van der Waals surface area contributed by atoms with Gasteiger partial charge in [-0.3, -0.25) is 4.79 Å². The molecule has 2 heterocycles. The smallest absolute Gasteiger partial charge is 0.307 e. The van der Waals surface area contributed by atoms with Crippen molar-refractivity contribution in [3.05, 3.63) is 23.7 Å². The molecule has 5 nitrogen and oxygen atoms in total. The van der Waals surface area contributed by atoms with E-state index in [1.165, 1.54) is 13.4 Å². The van der Waals surface area contributed by atoms with Crippen LogP contribution in [0, 0.1) is 0 Å². The fourth-order valence-corrected chi connectivity index (χ4v) is 1.66. The van der Waals surface area contributed by atoms with Gasteiger partial charge >= 0.3 is 5.97 Å². The van der Waals surface area contributed by atoms with Crippen molar-refractivity contribution in [3.8, 4) is 0 Å². The quantitative estimate of drug-likeness (QED) is 0.604. The van der Waals surface area contributed by atoms with Gasteiger partial charge in [0, 0.05) is 12.7 Å². The van der Waals surface area contributed by atoms with Crippen molar-refractivity contribution in [3.63, 3.8) is 0 Å². The van der Waals surface area contributed by atoms with E-state index in [9.17, 15) is 4.79 Å². The number of hydrogen-bond acceptors (Lipinski definition) is 4. The monoisotopic (exact) mass is 239 g/mol. The van der Waals surface area contributed by atoms with Crippen LogP contribution in [0.3, 0.4) is 0 Å². The van der Waals surface area contributed by atoms with Crippen LogP contribution >= 0.6 is 11.6 Å².